The van der Waals surface area contributed by atoms with E-state index in [1.807, 2.05) is 0 Å². The molecular formula is C13H10I3NO7. The number of hydrogen-bond donors (Lipinski definition) is 3. The predicted octanol–water partition coefficient (Wildman–Crippen LogP) is 2.79. The molecule has 0 saturated heterocycles. The summed E-state index contributed by atoms with van der Waals surface area (Å²) < 4.78 is 5.18. The first kappa shape index (κ1) is 21.3. The molecule has 0 fully saturated rings. The van der Waals surface area contributed by atoms with Crippen molar-refractivity contribution in [3.05, 3.63) is 21.8 Å². The first-order valence-electron chi connectivity index (χ1n) is 6.14. The number of esters is 1. The average molecular weight is 673 g/mol. The van der Waals surface area contributed by atoms with E-state index in [2.05, 4.69) is 5.32 Å². The number of ether oxygens (including phenoxy) is 1. The zero-order valence-electron chi connectivity index (χ0n) is 12.1. The van der Waals surface area contributed by atoms with Crippen LogP contribution in [-0.4, -0.2) is 40.1 Å². The number of aromatic carboxylic acids is 2. The summed E-state index contributed by atoms with van der Waals surface area (Å²) in [7, 11) is 0. The van der Waals surface area contributed by atoms with Crippen molar-refractivity contribution >= 4 is 97.3 Å². The molecule has 8 nitrogen and oxygen atoms in total. The highest BCUT2D eigenvalue weighted by Gasteiger charge is 2.29. The van der Waals surface area contributed by atoms with Gasteiger partial charge >= 0.3 is 17.9 Å². The first-order chi connectivity index (χ1) is 11.0. The number of rotatable bonds is 5. The van der Waals surface area contributed by atoms with E-state index in [-0.39, 0.29) is 27.5 Å². The lowest BCUT2D eigenvalue weighted by atomic mass is 10.1. The van der Waals surface area contributed by atoms with Crippen LogP contribution in [-0.2, 0) is 14.3 Å². The summed E-state index contributed by atoms with van der Waals surface area (Å²) in [5, 5.41) is 21.1. The van der Waals surface area contributed by atoms with Crippen LogP contribution in [0.5, 0.6) is 0 Å². The van der Waals surface area contributed by atoms with E-state index in [0.29, 0.717) is 0 Å². The quantitative estimate of drug-likeness (QED) is 0.324. The molecule has 0 bridgehead atoms. The van der Waals surface area contributed by atoms with Crippen molar-refractivity contribution in [1.29, 1.82) is 0 Å². The maximum atomic E-state index is 12.1. The lowest BCUT2D eigenvalue weighted by molar-refractivity contribution is -0.150. The number of amides is 1. The molecule has 1 amide bonds. The Bertz CT molecular complexity index is 707. The second-order valence-corrected chi connectivity index (χ2v) is 7.65. The molecule has 0 radical (unpaired) electrons. The van der Waals surface area contributed by atoms with E-state index in [1.54, 1.807) is 67.8 Å². The zero-order chi connectivity index (χ0) is 18.8. The van der Waals surface area contributed by atoms with Gasteiger partial charge in [0.25, 0.3) is 5.91 Å². The number of hydrogen-bond acceptors (Lipinski definition) is 5. The van der Waals surface area contributed by atoms with Crippen molar-refractivity contribution in [2.24, 2.45) is 0 Å². The average Bonchev–Trinajstić information content (AvgIpc) is 2.41. The van der Waals surface area contributed by atoms with Crippen molar-refractivity contribution in [3.63, 3.8) is 0 Å². The molecule has 0 aromatic heterocycles. The van der Waals surface area contributed by atoms with Crippen LogP contribution in [0.2, 0.25) is 0 Å². The molecule has 1 aromatic carbocycles. The number of carboxylic acids is 2. The Morgan fingerprint density at radius 2 is 1.38 bits per heavy atom. The highest BCUT2D eigenvalue weighted by atomic mass is 127. The minimum atomic E-state index is -1.31. The lowest BCUT2D eigenvalue weighted by Gasteiger charge is -2.18. The van der Waals surface area contributed by atoms with Crippen LogP contribution in [0.15, 0.2) is 0 Å². The third-order valence-electron chi connectivity index (χ3n) is 2.70. The Morgan fingerprint density at radius 3 is 1.71 bits per heavy atom. The van der Waals surface area contributed by atoms with Crippen molar-refractivity contribution in [1.82, 2.24) is 0 Å². The molecular weight excluding hydrogens is 663 g/mol. The van der Waals surface area contributed by atoms with Crippen LogP contribution in [0.3, 0.4) is 0 Å². The second-order valence-electron chi connectivity index (χ2n) is 4.42. The topological polar surface area (TPSA) is 130 Å². The second kappa shape index (κ2) is 8.59. The molecule has 1 aromatic rings. The Hall–Kier alpha value is -0.710. The third kappa shape index (κ3) is 4.68. The molecule has 0 spiro atoms. The van der Waals surface area contributed by atoms with E-state index in [0.717, 1.165) is 6.92 Å². The maximum Gasteiger partial charge on any atom is 0.337 e. The Morgan fingerprint density at radius 1 is 0.958 bits per heavy atom. The number of anilines is 1. The van der Waals surface area contributed by atoms with Crippen molar-refractivity contribution < 1.29 is 34.1 Å². The Balaban J connectivity index is 3.48. The molecule has 24 heavy (non-hydrogen) atoms. The SMILES string of the molecule is CC(=O)OC(C)C(=O)Nc1c(I)c(C(=O)O)c(I)c(C(=O)O)c1I. The van der Waals surface area contributed by atoms with E-state index < -0.39 is 29.9 Å². The molecule has 0 aliphatic carbocycles. The molecule has 0 heterocycles. The third-order valence-corrected chi connectivity index (χ3v) is 5.94. The fraction of sp³-hybridized carbons (Fsp3) is 0.231. The van der Waals surface area contributed by atoms with Crippen molar-refractivity contribution in [3.8, 4) is 0 Å². The summed E-state index contributed by atoms with van der Waals surface area (Å²) in [5.41, 5.74) is -0.385. The van der Waals surface area contributed by atoms with Crippen LogP contribution >= 0.6 is 67.8 Å². The van der Waals surface area contributed by atoms with Gasteiger partial charge in [-0.3, -0.25) is 9.59 Å². The first-order valence-corrected chi connectivity index (χ1v) is 9.37. The Kier molecular flexibility index (Phi) is 7.64. The van der Waals surface area contributed by atoms with Gasteiger partial charge in [0.2, 0.25) is 0 Å². The summed E-state index contributed by atoms with van der Waals surface area (Å²) >= 11 is 5.10. The molecule has 1 unspecified atom stereocenters. The summed E-state index contributed by atoms with van der Waals surface area (Å²) in [6.07, 6.45) is -1.12. The van der Waals surface area contributed by atoms with E-state index >= 15 is 0 Å². The fourth-order valence-electron chi connectivity index (χ4n) is 1.68. The van der Waals surface area contributed by atoms with Gasteiger partial charge in [-0.1, -0.05) is 0 Å². The van der Waals surface area contributed by atoms with Crippen LogP contribution in [0.4, 0.5) is 5.69 Å². The fourth-order valence-corrected chi connectivity index (χ4v) is 6.04. The molecule has 0 aliphatic rings. The van der Waals surface area contributed by atoms with E-state index in [9.17, 15) is 29.4 Å². The van der Waals surface area contributed by atoms with Gasteiger partial charge in [0.05, 0.1) is 24.0 Å². The number of halogens is 3. The predicted molar refractivity (Wildman–Crippen MR) is 108 cm³/mol. The summed E-state index contributed by atoms with van der Waals surface area (Å²) in [6, 6.07) is 0. The largest absolute Gasteiger partial charge is 0.478 e. The van der Waals surface area contributed by atoms with Crippen LogP contribution < -0.4 is 5.32 Å². The van der Waals surface area contributed by atoms with Crippen molar-refractivity contribution in [2.75, 3.05) is 5.32 Å². The number of benzene rings is 1. The molecule has 1 rings (SSSR count). The van der Waals surface area contributed by atoms with Gasteiger partial charge in [0.1, 0.15) is 0 Å². The van der Waals surface area contributed by atoms with Gasteiger partial charge in [0, 0.05) is 10.5 Å². The molecule has 1 atom stereocenters. The number of carbonyl (C=O) groups is 4. The standard InChI is InChI=1S/C13H10I3NO7/c1-3(24-4(2)18)11(19)17-10-8(15)5(12(20)21)7(14)6(9(10)16)13(22)23/h3H,1-2H3,(H,17,19)(H,20,21)(H,22,23). The van der Waals surface area contributed by atoms with Crippen LogP contribution in [0.1, 0.15) is 34.6 Å². The summed E-state index contributed by atoms with van der Waals surface area (Å²) in [6.45, 7) is 2.49. The van der Waals surface area contributed by atoms with Gasteiger partial charge in [-0.05, 0) is 74.7 Å². The lowest BCUT2D eigenvalue weighted by Crippen LogP contribution is -2.30. The highest BCUT2D eigenvalue weighted by molar-refractivity contribution is 14.1. The number of nitrogens with one attached hydrogen (secondary N) is 1. The summed E-state index contributed by atoms with van der Waals surface area (Å²) in [5.74, 6) is -3.98. The molecule has 3 N–H and O–H groups in total. The molecule has 130 valence electrons. The highest BCUT2D eigenvalue weighted by Crippen LogP contribution is 2.35. The minimum absolute atomic E-state index is 0.0513. The monoisotopic (exact) mass is 673 g/mol. The summed E-state index contributed by atoms with van der Waals surface area (Å²) in [4.78, 5) is 45.9. The van der Waals surface area contributed by atoms with Gasteiger partial charge < -0.3 is 20.3 Å². The van der Waals surface area contributed by atoms with E-state index in [1.165, 1.54) is 6.92 Å². The maximum absolute atomic E-state index is 12.1. The molecule has 0 aliphatic heterocycles. The van der Waals surface area contributed by atoms with Gasteiger partial charge in [-0.25, -0.2) is 9.59 Å². The minimum Gasteiger partial charge on any atom is -0.478 e. The normalized spacial score (nSPS) is 11.5. The van der Waals surface area contributed by atoms with Crippen LogP contribution in [0.25, 0.3) is 0 Å². The smallest absolute Gasteiger partial charge is 0.337 e. The van der Waals surface area contributed by atoms with Gasteiger partial charge in [-0.15, -0.1) is 0 Å². The van der Waals surface area contributed by atoms with E-state index in [4.69, 9.17) is 4.74 Å². The Labute approximate surface area is 177 Å². The van der Waals surface area contributed by atoms with Crippen molar-refractivity contribution in [2.45, 2.75) is 20.0 Å². The van der Waals surface area contributed by atoms with Gasteiger partial charge in [0.15, 0.2) is 6.10 Å². The van der Waals surface area contributed by atoms with Gasteiger partial charge in [-0.2, -0.15) is 0 Å². The zero-order valence-corrected chi connectivity index (χ0v) is 18.6. The number of carbonyl (C=O) groups excluding carboxylic acids is 2. The van der Waals surface area contributed by atoms with Crippen LogP contribution in [0, 0.1) is 10.7 Å². The molecule has 11 heteroatoms. The molecule has 0 saturated carbocycles. The number of carboxylic acid groups (broad SMARTS) is 2.